The number of ether oxygens (including phenoxy) is 1. The molecule has 126 valence electrons. The largest absolute Gasteiger partial charge is 0.378 e. The third-order valence-electron chi connectivity index (χ3n) is 4.01. The van der Waals surface area contributed by atoms with Gasteiger partial charge in [0, 0.05) is 19.6 Å². The molecule has 2 rings (SSSR count). The molecule has 1 aliphatic heterocycles. The van der Waals surface area contributed by atoms with E-state index in [0.29, 0.717) is 39.3 Å². The molecule has 1 N–H and O–H groups in total. The first-order valence-corrected chi connectivity index (χ1v) is 7.81. The van der Waals surface area contributed by atoms with Gasteiger partial charge in [0.1, 0.15) is 11.2 Å². The topological polar surface area (TPSA) is 58.6 Å². The van der Waals surface area contributed by atoms with E-state index >= 15 is 0 Å². The third-order valence-corrected chi connectivity index (χ3v) is 4.01. The molecule has 1 aromatic rings. The Morgan fingerprint density at radius 3 is 2.43 bits per heavy atom. The summed E-state index contributed by atoms with van der Waals surface area (Å²) in [4.78, 5) is 26.5. The molecule has 6 heteroatoms. The van der Waals surface area contributed by atoms with E-state index in [1.807, 2.05) is 0 Å². The Labute approximate surface area is 135 Å². The molecule has 0 spiro atoms. The van der Waals surface area contributed by atoms with Crippen LogP contribution in [0.4, 0.5) is 4.39 Å². The highest BCUT2D eigenvalue weighted by atomic mass is 19.1. The molecule has 0 atom stereocenters. The average Bonchev–Trinajstić information content (AvgIpc) is 2.56. The van der Waals surface area contributed by atoms with Gasteiger partial charge in [0.05, 0.1) is 13.2 Å². The van der Waals surface area contributed by atoms with Crippen LogP contribution in [0.15, 0.2) is 24.3 Å². The van der Waals surface area contributed by atoms with E-state index in [2.05, 4.69) is 5.32 Å². The molecule has 23 heavy (non-hydrogen) atoms. The Morgan fingerprint density at radius 2 is 1.83 bits per heavy atom. The molecule has 1 saturated heterocycles. The minimum absolute atomic E-state index is 0.180. The van der Waals surface area contributed by atoms with Gasteiger partial charge < -0.3 is 15.0 Å². The number of carbonyl (C=O) groups excluding carboxylic acids is 2. The van der Waals surface area contributed by atoms with E-state index in [1.54, 1.807) is 30.9 Å². The zero-order valence-corrected chi connectivity index (χ0v) is 13.6. The highest BCUT2D eigenvalue weighted by Crippen LogP contribution is 2.20. The van der Waals surface area contributed by atoms with Crippen molar-refractivity contribution in [3.05, 3.63) is 35.6 Å². The lowest BCUT2D eigenvalue weighted by molar-refractivity contribution is -0.151. The number of nitrogens with zero attached hydrogens (tertiary/aromatic N) is 1. The summed E-state index contributed by atoms with van der Waals surface area (Å²) in [5.41, 5.74) is -0.177. The van der Waals surface area contributed by atoms with Gasteiger partial charge in [0.25, 0.3) is 0 Å². The Bertz CT molecular complexity index is 551. The van der Waals surface area contributed by atoms with Crippen LogP contribution in [0, 0.1) is 11.2 Å². The van der Waals surface area contributed by atoms with Crippen LogP contribution in [0.1, 0.15) is 19.4 Å². The van der Waals surface area contributed by atoms with Crippen LogP contribution in [0.2, 0.25) is 0 Å². The first-order chi connectivity index (χ1) is 10.9. The van der Waals surface area contributed by atoms with Crippen molar-refractivity contribution in [1.82, 2.24) is 10.2 Å². The summed E-state index contributed by atoms with van der Waals surface area (Å²) >= 11 is 0. The quantitative estimate of drug-likeness (QED) is 0.833. The minimum atomic E-state index is -1.11. The van der Waals surface area contributed by atoms with Gasteiger partial charge in [-0.1, -0.05) is 12.1 Å². The fourth-order valence-corrected chi connectivity index (χ4v) is 2.45. The number of hydrogen-bond acceptors (Lipinski definition) is 3. The standard InChI is InChI=1S/C17H23FN2O3/c1-17(2,16(22)20-9-11-23-12-10-20)15(21)19-8-7-13-3-5-14(18)6-4-13/h3-6H,7-12H2,1-2H3,(H,19,21). The van der Waals surface area contributed by atoms with Crippen LogP contribution in [0.5, 0.6) is 0 Å². The van der Waals surface area contributed by atoms with Gasteiger partial charge in [0.15, 0.2) is 0 Å². The highest BCUT2D eigenvalue weighted by molar-refractivity contribution is 6.04. The zero-order chi connectivity index (χ0) is 16.9. The van der Waals surface area contributed by atoms with Crippen molar-refractivity contribution in [2.75, 3.05) is 32.8 Å². The SMILES string of the molecule is CC(C)(C(=O)NCCc1ccc(F)cc1)C(=O)N1CCOCC1. The fraction of sp³-hybridized carbons (Fsp3) is 0.529. The zero-order valence-electron chi connectivity index (χ0n) is 13.6. The van der Waals surface area contributed by atoms with Crippen molar-refractivity contribution in [3.8, 4) is 0 Å². The summed E-state index contributed by atoms with van der Waals surface area (Å²) in [6.45, 7) is 5.73. The fourth-order valence-electron chi connectivity index (χ4n) is 2.45. The molecule has 0 aromatic heterocycles. The summed E-state index contributed by atoms with van der Waals surface area (Å²) in [6.07, 6.45) is 0.591. The molecule has 0 saturated carbocycles. The lowest BCUT2D eigenvalue weighted by atomic mass is 9.90. The van der Waals surface area contributed by atoms with Crippen molar-refractivity contribution >= 4 is 11.8 Å². The van der Waals surface area contributed by atoms with Crippen molar-refractivity contribution < 1.29 is 18.7 Å². The summed E-state index contributed by atoms with van der Waals surface area (Å²) < 4.78 is 18.1. The van der Waals surface area contributed by atoms with Gasteiger partial charge >= 0.3 is 0 Å². The smallest absolute Gasteiger partial charge is 0.237 e. The number of morpholine rings is 1. The van der Waals surface area contributed by atoms with Gasteiger partial charge in [-0.15, -0.1) is 0 Å². The maximum Gasteiger partial charge on any atom is 0.237 e. The maximum absolute atomic E-state index is 12.8. The summed E-state index contributed by atoms with van der Waals surface area (Å²) in [6, 6.07) is 6.16. The average molecular weight is 322 g/mol. The van der Waals surface area contributed by atoms with Crippen molar-refractivity contribution in [2.45, 2.75) is 20.3 Å². The third kappa shape index (κ3) is 4.51. The number of amides is 2. The lowest BCUT2D eigenvalue weighted by Gasteiger charge is -2.33. The molecule has 1 heterocycles. The molecule has 0 radical (unpaired) electrons. The van der Waals surface area contributed by atoms with E-state index in [0.717, 1.165) is 5.56 Å². The predicted molar refractivity (Wildman–Crippen MR) is 84.3 cm³/mol. The normalized spacial score (nSPS) is 15.3. The number of rotatable bonds is 5. The Balaban J connectivity index is 1.85. The molecule has 1 aromatic carbocycles. The number of benzene rings is 1. The van der Waals surface area contributed by atoms with Crippen LogP contribution < -0.4 is 5.32 Å². The van der Waals surface area contributed by atoms with Gasteiger partial charge in [-0.25, -0.2) is 4.39 Å². The monoisotopic (exact) mass is 322 g/mol. The predicted octanol–water partition coefficient (Wildman–Crippen LogP) is 1.37. The van der Waals surface area contributed by atoms with E-state index in [4.69, 9.17) is 4.74 Å². The number of nitrogens with one attached hydrogen (secondary N) is 1. The van der Waals surface area contributed by atoms with Crippen molar-refractivity contribution in [1.29, 1.82) is 0 Å². The molecule has 1 fully saturated rings. The van der Waals surface area contributed by atoms with Crippen LogP contribution in [-0.4, -0.2) is 49.6 Å². The molecular weight excluding hydrogens is 299 g/mol. The second kappa shape index (κ2) is 7.55. The van der Waals surface area contributed by atoms with Crippen molar-refractivity contribution in [3.63, 3.8) is 0 Å². The van der Waals surface area contributed by atoms with Crippen LogP contribution in [0.3, 0.4) is 0 Å². The van der Waals surface area contributed by atoms with E-state index in [1.165, 1.54) is 12.1 Å². The van der Waals surface area contributed by atoms with E-state index in [9.17, 15) is 14.0 Å². The maximum atomic E-state index is 12.8. The van der Waals surface area contributed by atoms with E-state index in [-0.39, 0.29) is 17.6 Å². The first kappa shape index (κ1) is 17.4. The van der Waals surface area contributed by atoms with Crippen LogP contribution in [0.25, 0.3) is 0 Å². The van der Waals surface area contributed by atoms with Crippen molar-refractivity contribution in [2.24, 2.45) is 5.41 Å². The van der Waals surface area contributed by atoms with Crippen LogP contribution in [-0.2, 0) is 20.7 Å². The highest BCUT2D eigenvalue weighted by Gasteiger charge is 2.39. The Kier molecular flexibility index (Phi) is 5.71. The summed E-state index contributed by atoms with van der Waals surface area (Å²) in [5.74, 6) is -0.758. The summed E-state index contributed by atoms with van der Waals surface area (Å²) in [7, 11) is 0. The molecule has 2 amide bonds. The second-order valence-corrected chi connectivity index (χ2v) is 6.16. The number of hydrogen-bond donors (Lipinski definition) is 1. The molecule has 0 aliphatic carbocycles. The van der Waals surface area contributed by atoms with Gasteiger partial charge in [0.2, 0.25) is 11.8 Å². The second-order valence-electron chi connectivity index (χ2n) is 6.16. The van der Waals surface area contributed by atoms with Gasteiger partial charge in [-0.05, 0) is 38.0 Å². The Hall–Kier alpha value is -1.95. The first-order valence-electron chi connectivity index (χ1n) is 7.81. The van der Waals surface area contributed by atoms with Crippen LogP contribution >= 0.6 is 0 Å². The molecule has 0 unspecified atom stereocenters. The number of carbonyl (C=O) groups is 2. The molecule has 1 aliphatic rings. The van der Waals surface area contributed by atoms with Gasteiger partial charge in [-0.2, -0.15) is 0 Å². The minimum Gasteiger partial charge on any atom is -0.378 e. The lowest BCUT2D eigenvalue weighted by Crippen LogP contribution is -2.52. The molecule has 0 bridgehead atoms. The Morgan fingerprint density at radius 1 is 1.22 bits per heavy atom. The molecular formula is C17H23FN2O3. The van der Waals surface area contributed by atoms with Gasteiger partial charge in [-0.3, -0.25) is 9.59 Å². The number of halogens is 1. The summed E-state index contributed by atoms with van der Waals surface area (Å²) in [5, 5.41) is 2.79. The van der Waals surface area contributed by atoms with E-state index < -0.39 is 5.41 Å². The molecule has 5 nitrogen and oxygen atoms in total.